The van der Waals surface area contributed by atoms with Gasteiger partial charge in [-0.15, -0.1) is 0 Å². The topological polar surface area (TPSA) is 88.2 Å². The van der Waals surface area contributed by atoms with Gasteiger partial charge in [0.05, 0.1) is 29.9 Å². The molecule has 0 aliphatic carbocycles. The first-order valence-corrected chi connectivity index (χ1v) is 11.5. The van der Waals surface area contributed by atoms with E-state index in [9.17, 15) is 26.4 Å². The van der Waals surface area contributed by atoms with Crippen LogP contribution in [0.5, 0.6) is 5.75 Å². The Kier molecular flexibility index (Phi) is 7.38. The Bertz CT molecular complexity index is 1100. The van der Waals surface area contributed by atoms with E-state index in [1.807, 2.05) is 0 Å². The first kappa shape index (κ1) is 24.6. The van der Waals surface area contributed by atoms with E-state index in [1.165, 1.54) is 35.7 Å². The fourth-order valence-corrected chi connectivity index (χ4v) is 4.89. The molecule has 0 radical (unpaired) electrons. The number of carbonyl (C=O) groups is 1. The molecule has 0 bridgehead atoms. The predicted molar refractivity (Wildman–Crippen MR) is 116 cm³/mol. The minimum atomic E-state index is -4.45. The lowest BCUT2D eigenvalue weighted by Crippen LogP contribution is -2.48. The number of sulfonamides is 1. The summed E-state index contributed by atoms with van der Waals surface area (Å²) < 4.78 is 76.6. The number of methoxy groups -OCH3 is 1. The summed E-state index contributed by atoms with van der Waals surface area (Å²) in [5.41, 5.74) is -0.234. The SMILES string of the molecule is CCOC(=O)Nc1cc(S(=O)(=O)N2CCN(c3cccc(C(F)(F)F)c3)CC2)ccc1OC. The third-order valence-corrected chi connectivity index (χ3v) is 6.99. The minimum absolute atomic E-state index is 0.0531. The molecule has 1 N–H and O–H groups in total. The third-order valence-electron chi connectivity index (χ3n) is 5.10. The largest absolute Gasteiger partial charge is 0.495 e. The van der Waals surface area contributed by atoms with Crippen molar-refractivity contribution in [2.75, 3.05) is 50.1 Å². The number of amides is 1. The minimum Gasteiger partial charge on any atom is -0.495 e. The summed E-state index contributed by atoms with van der Waals surface area (Å²) in [6, 6.07) is 9.02. The number of anilines is 2. The molecule has 2 aromatic rings. The van der Waals surface area contributed by atoms with Gasteiger partial charge in [-0.2, -0.15) is 17.5 Å². The standard InChI is InChI=1S/C21H24F3N3O5S/c1-3-32-20(28)25-18-14-17(7-8-19(18)31-2)33(29,30)27-11-9-26(10-12-27)16-6-4-5-15(13-16)21(22,23)24/h4-8,13-14H,3,9-12H2,1-2H3,(H,25,28). The summed E-state index contributed by atoms with van der Waals surface area (Å²) in [5.74, 6) is 0.261. The summed E-state index contributed by atoms with van der Waals surface area (Å²) in [4.78, 5) is 13.4. The molecule has 33 heavy (non-hydrogen) atoms. The van der Waals surface area contributed by atoms with Gasteiger partial charge in [0.1, 0.15) is 5.75 Å². The second kappa shape index (κ2) is 9.87. The van der Waals surface area contributed by atoms with Gasteiger partial charge < -0.3 is 14.4 Å². The van der Waals surface area contributed by atoms with Crippen molar-refractivity contribution in [3.05, 3.63) is 48.0 Å². The van der Waals surface area contributed by atoms with Crippen molar-refractivity contribution in [1.29, 1.82) is 0 Å². The summed E-state index contributed by atoms with van der Waals surface area (Å²) in [6.07, 6.45) is -5.20. The van der Waals surface area contributed by atoms with E-state index < -0.39 is 27.9 Å². The zero-order valence-corrected chi connectivity index (χ0v) is 18.9. The van der Waals surface area contributed by atoms with Crippen molar-refractivity contribution in [1.82, 2.24) is 4.31 Å². The van der Waals surface area contributed by atoms with Gasteiger partial charge in [0, 0.05) is 31.9 Å². The van der Waals surface area contributed by atoms with Crippen molar-refractivity contribution in [3.63, 3.8) is 0 Å². The van der Waals surface area contributed by atoms with Gasteiger partial charge in [0.25, 0.3) is 0 Å². The second-order valence-corrected chi connectivity index (χ2v) is 9.08. The van der Waals surface area contributed by atoms with Gasteiger partial charge >= 0.3 is 12.3 Å². The molecule has 1 heterocycles. The van der Waals surface area contributed by atoms with Crippen LogP contribution in [0.1, 0.15) is 12.5 Å². The second-order valence-electron chi connectivity index (χ2n) is 7.15. The van der Waals surface area contributed by atoms with Crippen LogP contribution in [-0.2, 0) is 20.9 Å². The average molecular weight is 488 g/mol. The van der Waals surface area contributed by atoms with E-state index in [-0.39, 0.29) is 49.1 Å². The normalized spacial score (nSPS) is 15.2. The molecule has 8 nitrogen and oxygen atoms in total. The Balaban J connectivity index is 1.75. The van der Waals surface area contributed by atoms with Crippen LogP contribution in [-0.4, -0.2) is 58.7 Å². The maximum Gasteiger partial charge on any atom is 0.416 e. The summed E-state index contributed by atoms with van der Waals surface area (Å²) in [7, 11) is -2.53. The van der Waals surface area contributed by atoms with Crippen LogP contribution in [0.2, 0.25) is 0 Å². The zero-order valence-electron chi connectivity index (χ0n) is 18.1. The fraction of sp³-hybridized carbons (Fsp3) is 0.381. The van der Waals surface area contributed by atoms with E-state index in [0.29, 0.717) is 5.69 Å². The molecule has 1 aliphatic heterocycles. The van der Waals surface area contributed by atoms with Gasteiger partial charge in [0.15, 0.2) is 0 Å². The van der Waals surface area contributed by atoms with Crippen LogP contribution >= 0.6 is 0 Å². The number of halogens is 3. The number of nitrogens with zero attached hydrogens (tertiary/aromatic N) is 2. The molecule has 1 amide bonds. The van der Waals surface area contributed by atoms with Crippen LogP contribution in [0.25, 0.3) is 0 Å². The maximum atomic E-state index is 13.2. The number of alkyl halides is 3. The van der Waals surface area contributed by atoms with Crippen LogP contribution in [0.15, 0.2) is 47.4 Å². The third kappa shape index (κ3) is 5.69. The number of benzene rings is 2. The zero-order chi connectivity index (χ0) is 24.2. The van der Waals surface area contributed by atoms with Gasteiger partial charge in [-0.1, -0.05) is 6.07 Å². The van der Waals surface area contributed by atoms with E-state index in [2.05, 4.69) is 5.32 Å². The molecular weight excluding hydrogens is 463 g/mol. The number of rotatable bonds is 6. The molecular formula is C21H24F3N3O5S. The van der Waals surface area contributed by atoms with Crippen molar-refractivity contribution < 1.29 is 35.9 Å². The van der Waals surface area contributed by atoms with E-state index in [1.54, 1.807) is 17.9 Å². The van der Waals surface area contributed by atoms with Gasteiger partial charge in [-0.05, 0) is 43.3 Å². The van der Waals surface area contributed by atoms with Crippen molar-refractivity contribution in [2.45, 2.75) is 18.0 Å². The first-order valence-electron chi connectivity index (χ1n) is 10.1. The number of carbonyl (C=O) groups excluding carboxylic acids is 1. The van der Waals surface area contributed by atoms with Gasteiger partial charge in [-0.3, -0.25) is 5.32 Å². The van der Waals surface area contributed by atoms with Crippen molar-refractivity contribution >= 4 is 27.5 Å². The predicted octanol–water partition coefficient (Wildman–Crippen LogP) is 3.79. The highest BCUT2D eigenvalue weighted by Crippen LogP contribution is 2.33. The average Bonchev–Trinajstić information content (AvgIpc) is 2.79. The molecule has 1 fully saturated rings. The smallest absolute Gasteiger partial charge is 0.416 e. The molecule has 0 aromatic heterocycles. The van der Waals surface area contributed by atoms with Gasteiger partial charge in [-0.25, -0.2) is 13.2 Å². The molecule has 0 saturated carbocycles. The highest BCUT2D eigenvalue weighted by atomic mass is 32.2. The Labute approximate surface area is 189 Å². The molecule has 0 atom stereocenters. The van der Waals surface area contributed by atoms with Crippen LogP contribution < -0.4 is 15.0 Å². The number of piperazine rings is 1. The number of ether oxygens (including phenoxy) is 2. The Morgan fingerprint density at radius 2 is 1.79 bits per heavy atom. The summed E-state index contributed by atoms with van der Waals surface area (Å²) >= 11 is 0. The number of hydrogen-bond acceptors (Lipinski definition) is 6. The quantitative estimate of drug-likeness (QED) is 0.667. The molecule has 0 spiro atoms. The fourth-order valence-electron chi connectivity index (χ4n) is 3.44. The number of hydrogen-bond donors (Lipinski definition) is 1. The van der Waals surface area contributed by atoms with E-state index >= 15 is 0 Å². The monoisotopic (exact) mass is 487 g/mol. The highest BCUT2D eigenvalue weighted by Gasteiger charge is 2.32. The lowest BCUT2D eigenvalue weighted by atomic mass is 10.1. The first-order chi connectivity index (χ1) is 15.6. The summed E-state index contributed by atoms with van der Waals surface area (Å²) in [6.45, 7) is 2.41. The van der Waals surface area contributed by atoms with Crippen molar-refractivity contribution in [3.8, 4) is 5.75 Å². The Morgan fingerprint density at radius 3 is 2.39 bits per heavy atom. The molecule has 180 valence electrons. The van der Waals surface area contributed by atoms with E-state index in [4.69, 9.17) is 9.47 Å². The molecule has 12 heteroatoms. The van der Waals surface area contributed by atoms with E-state index in [0.717, 1.165) is 12.1 Å². The van der Waals surface area contributed by atoms with Crippen molar-refractivity contribution in [2.24, 2.45) is 0 Å². The van der Waals surface area contributed by atoms with Crippen LogP contribution in [0.3, 0.4) is 0 Å². The molecule has 2 aromatic carbocycles. The van der Waals surface area contributed by atoms with Gasteiger partial charge in [0.2, 0.25) is 10.0 Å². The maximum absolute atomic E-state index is 13.2. The van der Waals surface area contributed by atoms with Crippen LogP contribution in [0.4, 0.5) is 29.3 Å². The lowest BCUT2D eigenvalue weighted by Gasteiger charge is -2.35. The number of nitrogens with one attached hydrogen (secondary N) is 1. The van der Waals surface area contributed by atoms with Crippen LogP contribution in [0, 0.1) is 0 Å². The molecule has 1 saturated heterocycles. The highest BCUT2D eigenvalue weighted by molar-refractivity contribution is 7.89. The summed E-state index contributed by atoms with van der Waals surface area (Å²) in [5, 5.41) is 2.45. The molecule has 0 unspecified atom stereocenters. The Hall–Kier alpha value is -2.99. The molecule has 3 rings (SSSR count). The lowest BCUT2D eigenvalue weighted by molar-refractivity contribution is -0.137. The Morgan fingerprint density at radius 1 is 1.09 bits per heavy atom. The molecule has 1 aliphatic rings.